The summed E-state index contributed by atoms with van der Waals surface area (Å²) in [6.45, 7) is 3.47. The summed E-state index contributed by atoms with van der Waals surface area (Å²) in [4.78, 5) is 11.1. The van der Waals surface area contributed by atoms with Gasteiger partial charge >= 0.3 is 0 Å². The third kappa shape index (κ3) is 1.15. The lowest BCUT2D eigenvalue weighted by Gasteiger charge is -1.92. The number of Topliss-reactive ketones (excluding diaryl/α,β-unsaturated/α-hetero) is 1. The zero-order valence-electron chi connectivity index (χ0n) is 7.37. The van der Waals surface area contributed by atoms with Gasteiger partial charge in [0.15, 0.2) is 5.78 Å². The Kier molecular flexibility index (Phi) is 1.53. The first-order valence-corrected chi connectivity index (χ1v) is 4.25. The van der Waals surface area contributed by atoms with Crippen molar-refractivity contribution < 1.29 is 4.79 Å². The molecule has 0 aromatic carbocycles. The van der Waals surface area contributed by atoms with Crippen molar-refractivity contribution in [3.05, 3.63) is 17.5 Å². The summed E-state index contributed by atoms with van der Waals surface area (Å²) in [6.07, 6.45) is 4.28. The van der Waals surface area contributed by atoms with Crippen LogP contribution in [0.2, 0.25) is 0 Å². The number of carbonyl (C=O) groups excluding carboxylic acids is 1. The van der Waals surface area contributed by atoms with Crippen molar-refractivity contribution in [2.24, 2.45) is 0 Å². The van der Waals surface area contributed by atoms with Gasteiger partial charge in [-0.25, -0.2) is 0 Å². The first kappa shape index (κ1) is 7.53. The Balaban J connectivity index is 2.36. The van der Waals surface area contributed by atoms with Gasteiger partial charge in [0.2, 0.25) is 0 Å². The van der Waals surface area contributed by atoms with Crippen LogP contribution < -0.4 is 0 Å². The maximum atomic E-state index is 11.1. The van der Waals surface area contributed by atoms with Gasteiger partial charge in [-0.3, -0.25) is 9.48 Å². The van der Waals surface area contributed by atoms with E-state index in [4.69, 9.17) is 0 Å². The predicted octanol–water partition coefficient (Wildman–Crippen LogP) is 1.73. The molecule has 3 nitrogen and oxygen atoms in total. The topological polar surface area (TPSA) is 34.9 Å². The van der Waals surface area contributed by atoms with Gasteiger partial charge in [-0.15, -0.1) is 0 Å². The Morgan fingerprint density at radius 3 is 2.75 bits per heavy atom. The zero-order valence-corrected chi connectivity index (χ0v) is 7.37. The van der Waals surface area contributed by atoms with E-state index in [0.29, 0.717) is 6.04 Å². The fourth-order valence-corrected chi connectivity index (χ4v) is 1.35. The third-order valence-corrected chi connectivity index (χ3v) is 2.22. The number of ketones is 1. The molecule has 3 heteroatoms. The Hall–Kier alpha value is -1.12. The summed E-state index contributed by atoms with van der Waals surface area (Å²) < 4.78 is 1.92. The average Bonchev–Trinajstić information content (AvgIpc) is 2.75. The van der Waals surface area contributed by atoms with Crippen molar-refractivity contribution in [2.75, 3.05) is 0 Å². The second kappa shape index (κ2) is 2.44. The van der Waals surface area contributed by atoms with Gasteiger partial charge in [0.1, 0.15) is 0 Å². The van der Waals surface area contributed by atoms with Gasteiger partial charge in [0.25, 0.3) is 0 Å². The molecule has 0 unspecified atom stereocenters. The molecule has 64 valence electrons. The molecular formula is C9H12N2O. The van der Waals surface area contributed by atoms with Gasteiger partial charge in [0.05, 0.1) is 17.3 Å². The van der Waals surface area contributed by atoms with E-state index in [9.17, 15) is 4.79 Å². The van der Waals surface area contributed by atoms with Crippen molar-refractivity contribution in [3.63, 3.8) is 0 Å². The van der Waals surface area contributed by atoms with E-state index in [1.165, 1.54) is 12.8 Å². The number of nitrogens with zero attached hydrogens (tertiary/aromatic N) is 2. The molecule has 1 aromatic heterocycles. The normalized spacial score (nSPS) is 16.5. The maximum absolute atomic E-state index is 11.1. The molecule has 0 N–H and O–H groups in total. The minimum absolute atomic E-state index is 0.111. The molecular weight excluding hydrogens is 152 g/mol. The van der Waals surface area contributed by atoms with E-state index in [1.54, 1.807) is 6.92 Å². The van der Waals surface area contributed by atoms with Gasteiger partial charge < -0.3 is 0 Å². The van der Waals surface area contributed by atoms with Crippen molar-refractivity contribution in [2.45, 2.75) is 32.7 Å². The van der Waals surface area contributed by atoms with Crippen molar-refractivity contribution >= 4 is 5.78 Å². The number of aryl methyl sites for hydroxylation is 1. The highest BCUT2D eigenvalue weighted by Crippen LogP contribution is 2.34. The lowest BCUT2D eigenvalue weighted by atomic mass is 10.2. The van der Waals surface area contributed by atoms with Crippen molar-refractivity contribution in [1.29, 1.82) is 0 Å². The third-order valence-electron chi connectivity index (χ3n) is 2.22. The molecule has 0 atom stereocenters. The summed E-state index contributed by atoms with van der Waals surface area (Å²) in [5.41, 5.74) is 1.62. The first-order valence-electron chi connectivity index (χ1n) is 4.25. The standard InChI is InChI=1S/C9H12N2O/c1-6-9(7(2)12)5-11(10-6)8-3-4-8/h5,8H,3-4H2,1-2H3. The lowest BCUT2D eigenvalue weighted by molar-refractivity contribution is 0.101. The molecule has 0 saturated heterocycles. The molecule has 1 fully saturated rings. The molecule has 1 aliphatic carbocycles. The maximum Gasteiger partial charge on any atom is 0.163 e. The van der Waals surface area contributed by atoms with Gasteiger partial charge in [-0.2, -0.15) is 5.10 Å². The van der Waals surface area contributed by atoms with E-state index < -0.39 is 0 Å². The highest BCUT2D eigenvalue weighted by molar-refractivity contribution is 5.94. The molecule has 1 aromatic rings. The Morgan fingerprint density at radius 2 is 2.33 bits per heavy atom. The fourth-order valence-electron chi connectivity index (χ4n) is 1.35. The van der Waals surface area contributed by atoms with E-state index in [-0.39, 0.29) is 5.78 Å². The molecule has 0 radical (unpaired) electrons. The van der Waals surface area contributed by atoms with E-state index in [0.717, 1.165) is 11.3 Å². The van der Waals surface area contributed by atoms with Crippen LogP contribution in [0, 0.1) is 6.92 Å². The van der Waals surface area contributed by atoms with Gasteiger partial charge in [-0.1, -0.05) is 0 Å². The highest BCUT2D eigenvalue weighted by atomic mass is 16.1. The van der Waals surface area contributed by atoms with Crippen LogP contribution in [0.3, 0.4) is 0 Å². The number of aromatic nitrogens is 2. The second-order valence-electron chi connectivity index (χ2n) is 3.40. The van der Waals surface area contributed by atoms with Gasteiger partial charge in [-0.05, 0) is 26.7 Å². The Labute approximate surface area is 71.4 Å². The van der Waals surface area contributed by atoms with Crippen LogP contribution in [0.4, 0.5) is 0 Å². The monoisotopic (exact) mass is 164 g/mol. The highest BCUT2D eigenvalue weighted by Gasteiger charge is 2.25. The van der Waals surface area contributed by atoms with Crippen molar-refractivity contribution in [3.8, 4) is 0 Å². The summed E-state index contributed by atoms with van der Waals surface area (Å²) >= 11 is 0. The summed E-state index contributed by atoms with van der Waals surface area (Å²) in [7, 11) is 0. The van der Waals surface area contributed by atoms with Crippen LogP contribution in [-0.4, -0.2) is 15.6 Å². The van der Waals surface area contributed by atoms with Gasteiger partial charge in [0, 0.05) is 6.20 Å². The van der Waals surface area contributed by atoms with E-state index in [1.807, 2.05) is 17.8 Å². The first-order chi connectivity index (χ1) is 5.68. The molecule has 2 rings (SSSR count). The van der Waals surface area contributed by atoms with Crippen LogP contribution in [0.5, 0.6) is 0 Å². The number of hydrogen-bond donors (Lipinski definition) is 0. The lowest BCUT2D eigenvalue weighted by Crippen LogP contribution is -1.93. The Bertz CT molecular complexity index is 323. The van der Waals surface area contributed by atoms with Crippen LogP contribution in [0.25, 0.3) is 0 Å². The minimum atomic E-state index is 0.111. The molecule has 0 bridgehead atoms. The molecule has 0 amide bonds. The quantitative estimate of drug-likeness (QED) is 0.624. The second-order valence-corrected chi connectivity index (χ2v) is 3.40. The van der Waals surface area contributed by atoms with Crippen molar-refractivity contribution in [1.82, 2.24) is 9.78 Å². The van der Waals surface area contributed by atoms with Crippen LogP contribution in [0.1, 0.15) is 41.9 Å². The molecule has 1 aliphatic rings. The van der Waals surface area contributed by atoms with Crippen LogP contribution in [0.15, 0.2) is 6.20 Å². The molecule has 1 heterocycles. The molecule has 0 aliphatic heterocycles. The van der Waals surface area contributed by atoms with Crippen LogP contribution in [-0.2, 0) is 0 Å². The molecule has 1 saturated carbocycles. The molecule has 0 spiro atoms. The smallest absolute Gasteiger partial charge is 0.163 e. The number of hydrogen-bond acceptors (Lipinski definition) is 2. The number of carbonyl (C=O) groups is 1. The van der Waals surface area contributed by atoms with E-state index >= 15 is 0 Å². The zero-order chi connectivity index (χ0) is 8.72. The van der Waals surface area contributed by atoms with E-state index in [2.05, 4.69) is 5.10 Å². The summed E-state index contributed by atoms with van der Waals surface area (Å²) in [6, 6.07) is 0.566. The summed E-state index contributed by atoms with van der Waals surface area (Å²) in [5, 5.41) is 4.29. The fraction of sp³-hybridized carbons (Fsp3) is 0.556. The minimum Gasteiger partial charge on any atom is -0.294 e. The largest absolute Gasteiger partial charge is 0.294 e. The predicted molar refractivity (Wildman–Crippen MR) is 45.2 cm³/mol. The summed E-state index contributed by atoms with van der Waals surface area (Å²) in [5.74, 6) is 0.111. The molecule has 12 heavy (non-hydrogen) atoms. The SMILES string of the molecule is CC(=O)c1cn(C2CC2)nc1C. The Morgan fingerprint density at radius 1 is 1.67 bits per heavy atom. The number of rotatable bonds is 2. The van der Waals surface area contributed by atoms with Crippen LogP contribution >= 0.6 is 0 Å². The average molecular weight is 164 g/mol.